The summed E-state index contributed by atoms with van der Waals surface area (Å²) in [5, 5.41) is 1.96. The van der Waals surface area contributed by atoms with Crippen molar-refractivity contribution < 1.29 is 4.79 Å². The second-order valence-electron chi connectivity index (χ2n) is 2.81. The Morgan fingerprint density at radius 1 is 1.36 bits per heavy atom. The van der Waals surface area contributed by atoms with E-state index >= 15 is 0 Å². The molecule has 0 fully saturated rings. The molecule has 0 aromatic carbocycles. The molecule has 0 unspecified atom stereocenters. The van der Waals surface area contributed by atoms with E-state index in [0.29, 0.717) is 12.0 Å². The van der Waals surface area contributed by atoms with Crippen LogP contribution in [0.5, 0.6) is 0 Å². The summed E-state index contributed by atoms with van der Waals surface area (Å²) < 4.78 is 0. The monoisotopic (exact) mass is 204 g/mol. The highest BCUT2D eigenvalue weighted by Gasteiger charge is 2.07. The molecule has 0 saturated heterocycles. The number of carbonyl (C=O) groups excluding carboxylic acids is 1. The van der Waals surface area contributed by atoms with Crippen LogP contribution in [0, 0.1) is 0 Å². The van der Waals surface area contributed by atoms with E-state index < -0.39 is 0 Å². The lowest BCUT2D eigenvalue weighted by Crippen LogP contribution is -2.02. The summed E-state index contributed by atoms with van der Waals surface area (Å²) in [5.74, 6) is 0.0630. The summed E-state index contributed by atoms with van der Waals surface area (Å²) in [5.41, 5.74) is 0.570. The first kappa shape index (κ1) is 9.02. The van der Waals surface area contributed by atoms with Crippen molar-refractivity contribution in [2.75, 3.05) is 0 Å². The zero-order chi connectivity index (χ0) is 9.80. The second-order valence-corrected chi connectivity index (χ2v) is 3.84. The number of thiophene rings is 1. The molecule has 14 heavy (non-hydrogen) atoms. The van der Waals surface area contributed by atoms with Gasteiger partial charge in [-0.15, -0.1) is 11.3 Å². The fourth-order valence-electron chi connectivity index (χ4n) is 1.12. The van der Waals surface area contributed by atoms with Crippen LogP contribution in [0.4, 0.5) is 0 Å². The van der Waals surface area contributed by atoms with Gasteiger partial charge in [0.1, 0.15) is 6.33 Å². The van der Waals surface area contributed by atoms with E-state index in [2.05, 4.69) is 9.97 Å². The van der Waals surface area contributed by atoms with Gasteiger partial charge in [0.2, 0.25) is 0 Å². The summed E-state index contributed by atoms with van der Waals surface area (Å²) >= 11 is 1.58. The van der Waals surface area contributed by atoms with Gasteiger partial charge in [0, 0.05) is 23.7 Å². The van der Waals surface area contributed by atoms with Gasteiger partial charge in [-0.05, 0) is 11.4 Å². The third-order valence-electron chi connectivity index (χ3n) is 1.80. The van der Waals surface area contributed by atoms with E-state index in [1.54, 1.807) is 23.7 Å². The van der Waals surface area contributed by atoms with Crippen molar-refractivity contribution in [3.05, 3.63) is 46.7 Å². The van der Waals surface area contributed by atoms with Crippen molar-refractivity contribution in [2.45, 2.75) is 6.42 Å². The van der Waals surface area contributed by atoms with Crippen LogP contribution in [0.15, 0.2) is 36.2 Å². The molecule has 0 atom stereocenters. The predicted molar refractivity (Wildman–Crippen MR) is 54.4 cm³/mol. The zero-order valence-corrected chi connectivity index (χ0v) is 8.20. The van der Waals surface area contributed by atoms with Gasteiger partial charge in [-0.3, -0.25) is 4.79 Å². The van der Waals surface area contributed by atoms with Crippen molar-refractivity contribution >= 4 is 17.1 Å². The molecule has 0 aliphatic rings. The van der Waals surface area contributed by atoms with E-state index in [1.165, 1.54) is 6.33 Å². The normalized spacial score (nSPS) is 10.0. The number of aromatic nitrogens is 2. The standard InChI is InChI=1S/C10H8N2OS/c13-10(4-9-2-1-3-14-9)8-5-11-7-12-6-8/h1-3,5-7H,4H2. The number of carbonyl (C=O) groups is 1. The van der Waals surface area contributed by atoms with Crippen molar-refractivity contribution in [1.82, 2.24) is 9.97 Å². The third-order valence-corrected chi connectivity index (χ3v) is 2.67. The van der Waals surface area contributed by atoms with Gasteiger partial charge in [0.25, 0.3) is 0 Å². The highest BCUT2D eigenvalue weighted by Crippen LogP contribution is 2.11. The summed E-state index contributed by atoms with van der Waals surface area (Å²) in [6, 6.07) is 3.89. The summed E-state index contributed by atoms with van der Waals surface area (Å²) in [4.78, 5) is 20.3. The Kier molecular flexibility index (Phi) is 2.65. The van der Waals surface area contributed by atoms with E-state index in [4.69, 9.17) is 0 Å². The first-order valence-electron chi connectivity index (χ1n) is 4.17. The molecule has 0 N–H and O–H groups in total. The fourth-order valence-corrected chi connectivity index (χ4v) is 1.82. The molecular weight excluding hydrogens is 196 g/mol. The molecule has 0 aliphatic carbocycles. The Bertz CT molecular complexity index is 411. The maximum atomic E-state index is 11.6. The van der Waals surface area contributed by atoms with E-state index in [1.807, 2.05) is 17.5 Å². The van der Waals surface area contributed by atoms with Gasteiger partial charge in [0.15, 0.2) is 5.78 Å². The van der Waals surface area contributed by atoms with Crippen LogP contribution in [-0.2, 0) is 6.42 Å². The fraction of sp³-hybridized carbons (Fsp3) is 0.100. The molecule has 70 valence electrons. The van der Waals surface area contributed by atoms with Crippen molar-refractivity contribution in [3.8, 4) is 0 Å². The van der Waals surface area contributed by atoms with Gasteiger partial charge in [-0.25, -0.2) is 9.97 Å². The molecule has 0 radical (unpaired) electrons. The van der Waals surface area contributed by atoms with Crippen molar-refractivity contribution in [2.24, 2.45) is 0 Å². The molecule has 2 rings (SSSR count). The lowest BCUT2D eigenvalue weighted by Gasteiger charge is -1.96. The minimum atomic E-state index is 0.0630. The van der Waals surface area contributed by atoms with Crippen LogP contribution in [-0.4, -0.2) is 15.8 Å². The SMILES string of the molecule is O=C(Cc1cccs1)c1cncnc1. The minimum Gasteiger partial charge on any atom is -0.294 e. The Labute approximate surface area is 85.5 Å². The molecule has 2 aromatic rings. The maximum absolute atomic E-state index is 11.6. The molecule has 0 bridgehead atoms. The number of rotatable bonds is 3. The summed E-state index contributed by atoms with van der Waals surface area (Å²) in [7, 11) is 0. The molecule has 0 saturated carbocycles. The minimum absolute atomic E-state index is 0.0630. The van der Waals surface area contributed by atoms with Crippen LogP contribution in [0.25, 0.3) is 0 Å². The predicted octanol–water partition coefficient (Wildman–Crippen LogP) is 1.96. The van der Waals surface area contributed by atoms with Crippen LogP contribution in [0.1, 0.15) is 15.2 Å². The van der Waals surface area contributed by atoms with Crippen LogP contribution in [0.3, 0.4) is 0 Å². The topological polar surface area (TPSA) is 42.9 Å². The summed E-state index contributed by atoms with van der Waals surface area (Å²) in [6.07, 6.45) is 4.94. The molecule has 4 heteroatoms. The van der Waals surface area contributed by atoms with E-state index in [-0.39, 0.29) is 5.78 Å². The van der Waals surface area contributed by atoms with Crippen LogP contribution < -0.4 is 0 Å². The molecule has 3 nitrogen and oxygen atoms in total. The van der Waals surface area contributed by atoms with Gasteiger partial charge >= 0.3 is 0 Å². The van der Waals surface area contributed by atoms with Crippen molar-refractivity contribution in [3.63, 3.8) is 0 Å². The van der Waals surface area contributed by atoms with E-state index in [9.17, 15) is 4.79 Å². The zero-order valence-electron chi connectivity index (χ0n) is 7.38. The quantitative estimate of drug-likeness (QED) is 0.718. The summed E-state index contributed by atoms with van der Waals surface area (Å²) in [6.45, 7) is 0. The third kappa shape index (κ3) is 2.03. The highest BCUT2D eigenvalue weighted by atomic mass is 32.1. The molecular formula is C10H8N2OS. The molecule has 0 spiro atoms. The lowest BCUT2D eigenvalue weighted by atomic mass is 10.1. The van der Waals surface area contributed by atoms with Crippen LogP contribution >= 0.6 is 11.3 Å². The number of hydrogen-bond donors (Lipinski definition) is 0. The number of ketones is 1. The number of hydrogen-bond acceptors (Lipinski definition) is 4. The molecule has 0 amide bonds. The highest BCUT2D eigenvalue weighted by molar-refractivity contribution is 7.10. The first-order chi connectivity index (χ1) is 6.86. The largest absolute Gasteiger partial charge is 0.294 e. The second kappa shape index (κ2) is 4.11. The first-order valence-corrected chi connectivity index (χ1v) is 5.05. The maximum Gasteiger partial charge on any atom is 0.171 e. The van der Waals surface area contributed by atoms with E-state index in [0.717, 1.165) is 4.88 Å². The Morgan fingerprint density at radius 3 is 2.79 bits per heavy atom. The number of nitrogens with zero attached hydrogens (tertiary/aromatic N) is 2. The molecule has 2 aromatic heterocycles. The lowest BCUT2D eigenvalue weighted by molar-refractivity contribution is 0.0993. The Morgan fingerprint density at radius 2 is 2.14 bits per heavy atom. The van der Waals surface area contributed by atoms with Gasteiger partial charge in [-0.2, -0.15) is 0 Å². The Hall–Kier alpha value is -1.55. The van der Waals surface area contributed by atoms with Gasteiger partial charge < -0.3 is 0 Å². The van der Waals surface area contributed by atoms with Gasteiger partial charge in [0.05, 0.1) is 5.56 Å². The smallest absolute Gasteiger partial charge is 0.171 e. The van der Waals surface area contributed by atoms with Crippen LogP contribution in [0.2, 0.25) is 0 Å². The molecule has 0 aliphatic heterocycles. The Balaban J connectivity index is 2.11. The average molecular weight is 204 g/mol. The van der Waals surface area contributed by atoms with Crippen molar-refractivity contribution in [1.29, 1.82) is 0 Å². The van der Waals surface area contributed by atoms with Gasteiger partial charge in [-0.1, -0.05) is 6.07 Å². The average Bonchev–Trinajstić information content (AvgIpc) is 2.72. The number of Topliss-reactive ketones (excluding diaryl/α,β-unsaturated/α-hetero) is 1. The molecule has 2 heterocycles.